The molecule has 0 unspecified atom stereocenters. The van der Waals surface area contributed by atoms with Crippen LogP contribution < -0.4 is 5.32 Å². The van der Waals surface area contributed by atoms with Gasteiger partial charge in [-0.05, 0) is 65.1 Å². The van der Waals surface area contributed by atoms with Crippen molar-refractivity contribution in [2.45, 2.75) is 0 Å². The van der Waals surface area contributed by atoms with Gasteiger partial charge in [-0.25, -0.2) is 4.39 Å². The van der Waals surface area contributed by atoms with E-state index in [1.165, 1.54) is 24.3 Å². The van der Waals surface area contributed by atoms with Crippen molar-refractivity contribution in [2.24, 2.45) is 0 Å². The number of carbonyl (C=O) groups is 1. The zero-order valence-electron chi connectivity index (χ0n) is 9.08. The lowest BCUT2D eigenvalue weighted by atomic mass is 10.2. The van der Waals surface area contributed by atoms with E-state index in [1.807, 2.05) is 0 Å². The van der Waals surface area contributed by atoms with Gasteiger partial charge in [0.1, 0.15) is 5.82 Å². The van der Waals surface area contributed by atoms with Crippen LogP contribution >= 0.6 is 34.2 Å². The van der Waals surface area contributed by atoms with Crippen molar-refractivity contribution in [2.75, 3.05) is 5.32 Å². The number of carbonyl (C=O) groups excluding carboxylic acids is 1. The average Bonchev–Trinajstić information content (AvgIpc) is 2.35. The maximum Gasteiger partial charge on any atom is 0.255 e. The summed E-state index contributed by atoms with van der Waals surface area (Å²) in [4.78, 5) is 11.9. The molecule has 0 aliphatic rings. The lowest BCUT2D eigenvalue weighted by Crippen LogP contribution is -2.11. The van der Waals surface area contributed by atoms with Crippen molar-refractivity contribution >= 4 is 45.8 Å². The van der Waals surface area contributed by atoms with E-state index in [-0.39, 0.29) is 11.7 Å². The smallest absolute Gasteiger partial charge is 0.255 e. The Labute approximate surface area is 122 Å². The third kappa shape index (κ3) is 3.20. The molecule has 0 fully saturated rings. The van der Waals surface area contributed by atoms with E-state index in [4.69, 9.17) is 11.6 Å². The molecule has 1 N–H and O–H groups in total. The van der Waals surface area contributed by atoms with Crippen LogP contribution in [0.1, 0.15) is 10.4 Å². The van der Waals surface area contributed by atoms with E-state index in [2.05, 4.69) is 27.9 Å². The number of hydrogen-bond acceptors (Lipinski definition) is 1. The van der Waals surface area contributed by atoms with Crippen LogP contribution in [-0.4, -0.2) is 5.91 Å². The van der Waals surface area contributed by atoms with E-state index in [0.717, 1.165) is 3.57 Å². The second-order valence-corrected chi connectivity index (χ2v) is 5.16. The minimum atomic E-state index is -0.342. The van der Waals surface area contributed by atoms with Gasteiger partial charge in [-0.1, -0.05) is 11.6 Å². The van der Waals surface area contributed by atoms with Crippen LogP contribution in [0.25, 0.3) is 0 Å². The molecule has 0 aromatic heterocycles. The van der Waals surface area contributed by atoms with Gasteiger partial charge in [0.05, 0.1) is 5.02 Å². The average molecular weight is 376 g/mol. The Morgan fingerprint density at radius 3 is 2.44 bits per heavy atom. The van der Waals surface area contributed by atoms with E-state index >= 15 is 0 Å². The molecule has 18 heavy (non-hydrogen) atoms. The Morgan fingerprint density at radius 1 is 1.17 bits per heavy atom. The lowest BCUT2D eigenvalue weighted by Gasteiger charge is -2.06. The van der Waals surface area contributed by atoms with Gasteiger partial charge in [0, 0.05) is 14.8 Å². The van der Waals surface area contributed by atoms with Crippen molar-refractivity contribution in [3.63, 3.8) is 0 Å². The van der Waals surface area contributed by atoms with Gasteiger partial charge in [-0.15, -0.1) is 0 Å². The van der Waals surface area contributed by atoms with E-state index in [9.17, 15) is 9.18 Å². The lowest BCUT2D eigenvalue weighted by molar-refractivity contribution is 0.102. The molecular formula is C13H8ClFINO. The summed E-state index contributed by atoms with van der Waals surface area (Å²) in [5.74, 6) is -0.620. The molecule has 0 aliphatic carbocycles. The minimum absolute atomic E-state index is 0.278. The third-order valence-electron chi connectivity index (χ3n) is 2.28. The number of anilines is 1. The molecule has 0 bridgehead atoms. The summed E-state index contributed by atoms with van der Waals surface area (Å²) >= 11 is 8.03. The van der Waals surface area contributed by atoms with Gasteiger partial charge < -0.3 is 5.32 Å². The first-order valence-corrected chi connectivity index (χ1v) is 6.54. The first kappa shape index (κ1) is 13.3. The van der Waals surface area contributed by atoms with Crippen molar-refractivity contribution in [1.82, 2.24) is 0 Å². The summed E-state index contributed by atoms with van der Waals surface area (Å²) in [5.41, 5.74) is 1.00. The quantitative estimate of drug-likeness (QED) is 0.778. The number of halogens is 3. The largest absolute Gasteiger partial charge is 0.322 e. The normalized spacial score (nSPS) is 10.2. The van der Waals surface area contributed by atoms with Crippen LogP contribution in [0, 0.1) is 9.39 Å². The standard InChI is InChI=1S/C13H8ClFINO/c14-11-7-8(1-6-12(11)16)13(18)17-10-4-2-9(15)3-5-10/h1-7H,(H,17,18). The minimum Gasteiger partial charge on any atom is -0.322 e. The molecular weight excluding hydrogens is 368 g/mol. The molecule has 2 nitrogen and oxygen atoms in total. The molecule has 0 aliphatic heterocycles. The van der Waals surface area contributed by atoms with Crippen LogP contribution in [0.15, 0.2) is 42.5 Å². The molecule has 2 aromatic carbocycles. The van der Waals surface area contributed by atoms with Crippen LogP contribution in [0.2, 0.25) is 5.02 Å². The highest BCUT2D eigenvalue weighted by atomic mass is 127. The van der Waals surface area contributed by atoms with Crippen LogP contribution in [0.4, 0.5) is 10.1 Å². The van der Waals surface area contributed by atoms with Crippen LogP contribution in [-0.2, 0) is 0 Å². The predicted octanol–water partition coefficient (Wildman–Crippen LogP) is 4.34. The Bertz CT molecular complexity index is 586. The van der Waals surface area contributed by atoms with E-state index in [0.29, 0.717) is 16.3 Å². The van der Waals surface area contributed by atoms with Crippen molar-refractivity contribution in [3.05, 3.63) is 62.4 Å². The fourth-order valence-corrected chi connectivity index (χ4v) is 1.89. The van der Waals surface area contributed by atoms with Gasteiger partial charge >= 0.3 is 0 Å². The summed E-state index contributed by atoms with van der Waals surface area (Å²) < 4.78 is 13.6. The van der Waals surface area contributed by atoms with Crippen molar-refractivity contribution in [1.29, 1.82) is 0 Å². The van der Waals surface area contributed by atoms with Crippen molar-refractivity contribution < 1.29 is 9.18 Å². The molecule has 0 saturated carbocycles. The van der Waals surface area contributed by atoms with Crippen molar-refractivity contribution in [3.8, 4) is 0 Å². The van der Waals surface area contributed by atoms with Crippen LogP contribution in [0.5, 0.6) is 0 Å². The summed E-state index contributed by atoms with van der Waals surface area (Å²) in [7, 11) is 0. The Balaban J connectivity index is 2.16. The fourth-order valence-electron chi connectivity index (χ4n) is 1.37. The summed E-state index contributed by atoms with van der Waals surface area (Å²) in [6, 6.07) is 10.6. The number of nitrogens with one attached hydrogen (secondary N) is 1. The molecule has 92 valence electrons. The molecule has 5 heteroatoms. The topological polar surface area (TPSA) is 29.1 Å². The third-order valence-corrected chi connectivity index (χ3v) is 3.86. The van der Waals surface area contributed by atoms with E-state index in [1.54, 1.807) is 18.2 Å². The maximum absolute atomic E-state index is 12.7. The van der Waals surface area contributed by atoms with Gasteiger partial charge in [-0.2, -0.15) is 0 Å². The second kappa shape index (κ2) is 5.67. The first-order chi connectivity index (χ1) is 8.56. The highest BCUT2D eigenvalue weighted by Gasteiger charge is 2.08. The molecule has 0 heterocycles. The van der Waals surface area contributed by atoms with Gasteiger partial charge in [-0.3, -0.25) is 4.79 Å². The highest BCUT2D eigenvalue weighted by Crippen LogP contribution is 2.20. The van der Waals surface area contributed by atoms with Gasteiger partial charge in [0.25, 0.3) is 5.91 Å². The molecule has 1 amide bonds. The molecule has 2 aromatic rings. The molecule has 0 atom stereocenters. The Hall–Kier alpha value is -1.14. The number of rotatable bonds is 2. The maximum atomic E-state index is 12.7. The molecule has 0 radical (unpaired) electrons. The summed E-state index contributed by atoms with van der Waals surface area (Å²) in [6.45, 7) is 0. The van der Waals surface area contributed by atoms with Gasteiger partial charge in [0.2, 0.25) is 0 Å². The summed E-state index contributed by atoms with van der Waals surface area (Å²) in [6.07, 6.45) is 0. The number of hydrogen-bond donors (Lipinski definition) is 1. The van der Waals surface area contributed by atoms with Crippen LogP contribution in [0.3, 0.4) is 0 Å². The zero-order valence-corrected chi connectivity index (χ0v) is 12.0. The first-order valence-electron chi connectivity index (χ1n) is 5.08. The van der Waals surface area contributed by atoms with Gasteiger partial charge in [0.15, 0.2) is 0 Å². The fraction of sp³-hybridized carbons (Fsp3) is 0. The number of amides is 1. The Kier molecular flexibility index (Phi) is 4.19. The summed E-state index contributed by atoms with van der Waals surface area (Å²) in [5, 5.41) is 3.20. The molecule has 0 saturated heterocycles. The Morgan fingerprint density at radius 2 is 1.83 bits per heavy atom. The SMILES string of the molecule is O=C(Nc1ccc(F)cc1)c1ccc(I)c(Cl)c1. The zero-order chi connectivity index (χ0) is 13.1. The monoisotopic (exact) mass is 375 g/mol. The highest BCUT2D eigenvalue weighted by molar-refractivity contribution is 14.1. The molecule has 2 rings (SSSR count). The second-order valence-electron chi connectivity index (χ2n) is 3.59. The number of benzene rings is 2. The van der Waals surface area contributed by atoms with E-state index < -0.39 is 0 Å². The predicted molar refractivity (Wildman–Crippen MR) is 78.5 cm³/mol. The molecule has 0 spiro atoms.